The van der Waals surface area contributed by atoms with Crippen LogP contribution in [0.2, 0.25) is 0 Å². The van der Waals surface area contributed by atoms with Gasteiger partial charge in [0.25, 0.3) is 5.91 Å². The van der Waals surface area contributed by atoms with Gasteiger partial charge in [0.05, 0.1) is 11.6 Å². The molecule has 2 rings (SSSR count). The standard InChI is InChI=1S/C16H12F3N3O2/c17-16(18,19)10-24-15-13(2-1-7-21-15)14(23)22-9-12-5-3-11(8-20)4-6-12/h1-7H,9-10H2,(H,22,23). The van der Waals surface area contributed by atoms with Crippen molar-refractivity contribution in [2.75, 3.05) is 6.61 Å². The van der Waals surface area contributed by atoms with Gasteiger partial charge in [0.15, 0.2) is 6.61 Å². The molecule has 0 spiro atoms. The third kappa shape index (κ3) is 4.98. The van der Waals surface area contributed by atoms with E-state index in [1.54, 1.807) is 24.3 Å². The van der Waals surface area contributed by atoms with Crippen LogP contribution in [0.25, 0.3) is 0 Å². The van der Waals surface area contributed by atoms with Gasteiger partial charge >= 0.3 is 6.18 Å². The Morgan fingerprint density at radius 3 is 2.58 bits per heavy atom. The van der Waals surface area contributed by atoms with Gasteiger partial charge < -0.3 is 10.1 Å². The fraction of sp³-hybridized carbons (Fsp3) is 0.188. The predicted octanol–water partition coefficient (Wildman–Crippen LogP) is 2.82. The number of alkyl halides is 3. The van der Waals surface area contributed by atoms with Gasteiger partial charge in [-0.25, -0.2) is 4.98 Å². The lowest BCUT2D eigenvalue weighted by molar-refractivity contribution is -0.154. The lowest BCUT2D eigenvalue weighted by Gasteiger charge is -2.12. The van der Waals surface area contributed by atoms with Gasteiger partial charge in [0, 0.05) is 12.7 Å². The molecule has 0 atom stereocenters. The monoisotopic (exact) mass is 335 g/mol. The van der Waals surface area contributed by atoms with Gasteiger partial charge in [0.1, 0.15) is 5.56 Å². The highest BCUT2D eigenvalue weighted by Crippen LogP contribution is 2.20. The Kier molecular flexibility index (Phi) is 5.37. The van der Waals surface area contributed by atoms with E-state index in [-0.39, 0.29) is 18.0 Å². The van der Waals surface area contributed by atoms with Crippen molar-refractivity contribution in [3.8, 4) is 11.9 Å². The molecular weight excluding hydrogens is 323 g/mol. The molecule has 1 aromatic carbocycles. The average molecular weight is 335 g/mol. The number of amides is 1. The zero-order chi connectivity index (χ0) is 17.6. The quantitative estimate of drug-likeness (QED) is 0.912. The molecule has 1 heterocycles. The van der Waals surface area contributed by atoms with Crippen LogP contribution in [0, 0.1) is 11.3 Å². The number of rotatable bonds is 5. The first kappa shape index (κ1) is 17.3. The van der Waals surface area contributed by atoms with E-state index in [9.17, 15) is 18.0 Å². The Bertz CT molecular complexity index is 752. The van der Waals surface area contributed by atoms with Crippen molar-refractivity contribution in [3.63, 3.8) is 0 Å². The minimum atomic E-state index is -4.52. The second-order valence-corrected chi connectivity index (χ2v) is 4.75. The van der Waals surface area contributed by atoms with Crippen molar-refractivity contribution in [1.82, 2.24) is 10.3 Å². The van der Waals surface area contributed by atoms with Crippen molar-refractivity contribution < 1.29 is 22.7 Å². The van der Waals surface area contributed by atoms with E-state index < -0.39 is 18.7 Å². The van der Waals surface area contributed by atoms with E-state index in [1.807, 2.05) is 6.07 Å². The number of nitriles is 1. The zero-order valence-electron chi connectivity index (χ0n) is 12.3. The number of hydrogen-bond acceptors (Lipinski definition) is 4. The van der Waals surface area contributed by atoms with E-state index >= 15 is 0 Å². The van der Waals surface area contributed by atoms with E-state index in [0.717, 1.165) is 5.56 Å². The Morgan fingerprint density at radius 2 is 1.96 bits per heavy atom. The maximum absolute atomic E-state index is 12.2. The third-order valence-corrected chi connectivity index (χ3v) is 2.92. The van der Waals surface area contributed by atoms with Crippen LogP contribution in [0.5, 0.6) is 5.88 Å². The van der Waals surface area contributed by atoms with E-state index in [2.05, 4.69) is 15.0 Å². The molecule has 0 saturated heterocycles. The molecule has 5 nitrogen and oxygen atoms in total. The summed E-state index contributed by atoms with van der Waals surface area (Å²) in [4.78, 5) is 15.8. The second-order valence-electron chi connectivity index (χ2n) is 4.75. The summed E-state index contributed by atoms with van der Waals surface area (Å²) in [6.07, 6.45) is -3.28. The number of halogens is 3. The normalized spacial score (nSPS) is 10.8. The largest absolute Gasteiger partial charge is 0.467 e. The first-order valence-corrected chi connectivity index (χ1v) is 6.81. The van der Waals surface area contributed by atoms with Crippen LogP contribution in [-0.4, -0.2) is 23.7 Å². The van der Waals surface area contributed by atoms with Crippen LogP contribution in [0.15, 0.2) is 42.6 Å². The highest BCUT2D eigenvalue weighted by Gasteiger charge is 2.29. The van der Waals surface area contributed by atoms with Crippen molar-refractivity contribution in [1.29, 1.82) is 5.26 Å². The molecule has 0 saturated carbocycles. The average Bonchev–Trinajstić information content (AvgIpc) is 2.58. The molecule has 1 N–H and O–H groups in total. The first-order chi connectivity index (χ1) is 11.4. The molecule has 24 heavy (non-hydrogen) atoms. The van der Waals surface area contributed by atoms with Crippen LogP contribution < -0.4 is 10.1 Å². The Balaban J connectivity index is 2.02. The van der Waals surface area contributed by atoms with E-state index in [4.69, 9.17) is 5.26 Å². The Morgan fingerprint density at radius 1 is 1.25 bits per heavy atom. The van der Waals surface area contributed by atoms with Gasteiger partial charge in [-0.05, 0) is 29.8 Å². The van der Waals surface area contributed by atoms with Crippen molar-refractivity contribution >= 4 is 5.91 Å². The van der Waals surface area contributed by atoms with Gasteiger partial charge in [-0.15, -0.1) is 0 Å². The van der Waals surface area contributed by atoms with Crippen molar-refractivity contribution in [2.24, 2.45) is 0 Å². The minimum Gasteiger partial charge on any atom is -0.467 e. The van der Waals surface area contributed by atoms with Crippen LogP contribution in [0.4, 0.5) is 13.2 Å². The zero-order valence-corrected chi connectivity index (χ0v) is 12.3. The topological polar surface area (TPSA) is 75.0 Å². The highest BCUT2D eigenvalue weighted by molar-refractivity contribution is 5.96. The van der Waals surface area contributed by atoms with Crippen molar-refractivity contribution in [3.05, 3.63) is 59.3 Å². The minimum absolute atomic E-state index is 0.0876. The van der Waals surface area contributed by atoms with Gasteiger partial charge in [0.2, 0.25) is 5.88 Å². The number of carbonyl (C=O) groups is 1. The summed E-state index contributed by atoms with van der Waals surface area (Å²) >= 11 is 0. The molecular formula is C16H12F3N3O2. The summed E-state index contributed by atoms with van der Waals surface area (Å²) in [6, 6.07) is 11.3. The number of carbonyl (C=O) groups excluding carboxylic acids is 1. The van der Waals surface area contributed by atoms with Gasteiger partial charge in [-0.1, -0.05) is 12.1 Å². The SMILES string of the molecule is N#Cc1ccc(CNC(=O)c2cccnc2OCC(F)(F)F)cc1. The number of nitrogens with one attached hydrogen (secondary N) is 1. The number of pyridine rings is 1. The maximum atomic E-state index is 12.2. The predicted molar refractivity (Wildman–Crippen MR) is 78.1 cm³/mol. The first-order valence-electron chi connectivity index (χ1n) is 6.81. The van der Waals surface area contributed by atoms with Crippen LogP contribution in [-0.2, 0) is 6.54 Å². The molecule has 0 aliphatic rings. The molecule has 2 aromatic rings. The molecule has 0 aliphatic carbocycles. The number of aromatic nitrogens is 1. The summed E-state index contributed by atoms with van der Waals surface area (Å²) in [6.45, 7) is -1.38. The number of benzene rings is 1. The molecule has 124 valence electrons. The number of hydrogen-bond donors (Lipinski definition) is 1. The highest BCUT2D eigenvalue weighted by atomic mass is 19.4. The molecule has 1 amide bonds. The van der Waals surface area contributed by atoms with Gasteiger partial charge in [-0.3, -0.25) is 4.79 Å². The lowest BCUT2D eigenvalue weighted by Crippen LogP contribution is -2.25. The fourth-order valence-electron chi connectivity index (χ4n) is 1.80. The summed E-state index contributed by atoms with van der Waals surface area (Å²) in [7, 11) is 0. The lowest BCUT2D eigenvalue weighted by atomic mass is 10.1. The number of ether oxygens (including phenoxy) is 1. The molecule has 0 aliphatic heterocycles. The van der Waals surface area contributed by atoms with E-state index in [0.29, 0.717) is 5.56 Å². The molecule has 0 unspecified atom stereocenters. The molecule has 1 aromatic heterocycles. The smallest absolute Gasteiger partial charge is 0.422 e. The second kappa shape index (κ2) is 7.46. The third-order valence-electron chi connectivity index (χ3n) is 2.92. The molecule has 0 bridgehead atoms. The summed E-state index contributed by atoms with van der Waals surface area (Å²) in [5, 5.41) is 11.3. The van der Waals surface area contributed by atoms with Crippen LogP contribution >= 0.6 is 0 Å². The summed E-state index contributed by atoms with van der Waals surface area (Å²) in [5.41, 5.74) is 1.14. The Hall–Kier alpha value is -3.08. The van der Waals surface area contributed by atoms with Crippen LogP contribution in [0.1, 0.15) is 21.5 Å². The fourth-order valence-corrected chi connectivity index (χ4v) is 1.80. The van der Waals surface area contributed by atoms with Crippen LogP contribution in [0.3, 0.4) is 0 Å². The summed E-state index contributed by atoms with van der Waals surface area (Å²) in [5.74, 6) is -0.989. The summed E-state index contributed by atoms with van der Waals surface area (Å²) < 4.78 is 41.3. The number of nitrogens with zero attached hydrogens (tertiary/aromatic N) is 2. The Labute approximate surface area is 135 Å². The maximum Gasteiger partial charge on any atom is 0.422 e. The molecule has 0 fully saturated rings. The molecule has 8 heteroatoms. The van der Waals surface area contributed by atoms with E-state index in [1.165, 1.54) is 18.3 Å². The molecule has 0 radical (unpaired) electrons. The van der Waals surface area contributed by atoms with Gasteiger partial charge in [-0.2, -0.15) is 18.4 Å². The van der Waals surface area contributed by atoms with Crippen molar-refractivity contribution in [2.45, 2.75) is 12.7 Å².